The lowest BCUT2D eigenvalue weighted by atomic mass is 9.78. The van der Waals surface area contributed by atoms with E-state index in [1.165, 1.54) is 47.7 Å². The topological polar surface area (TPSA) is 80.9 Å². The Bertz CT molecular complexity index is 1110. The maximum atomic E-state index is 13.6. The van der Waals surface area contributed by atoms with Gasteiger partial charge in [-0.15, -0.1) is 0 Å². The quantitative estimate of drug-likeness (QED) is 0.569. The van der Waals surface area contributed by atoms with Crippen molar-refractivity contribution in [1.82, 2.24) is 19.5 Å². The summed E-state index contributed by atoms with van der Waals surface area (Å²) in [6.45, 7) is 0. The van der Waals surface area contributed by atoms with Crippen LogP contribution in [0.25, 0.3) is 0 Å². The molecule has 6 nitrogen and oxygen atoms in total. The van der Waals surface area contributed by atoms with E-state index in [4.69, 9.17) is 0 Å². The van der Waals surface area contributed by atoms with Gasteiger partial charge in [0.05, 0.1) is 12.2 Å². The van der Waals surface area contributed by atoms with Crippen LogP contribution in [0.1, 0.15) is 22.7 Å². The third-order valence-corrected chi connectivity index (χ3v) is 4.82. The minimum Gasteiger partial charge on any atom is -0.378 e. The van der Waals surface area contributed by atoms with Crippen molar-refractivity contribution in [2.45, 2.75) is 11.6 Å². The Hall–Kier alpha value is -3.71. The molecule has 3 heterocycles. The summed E-state index contributed by atoms with van der Waals surface area (Å²) in [7, 11) is 0. The zero-order valence-electron chi connectivity index (χ0n) is 15.3. The van der Waals surface area contributed by atoms with Crippen molar-refractivity contribution in [3.63, 3.8) is 0 Å². The maximum absolute atomic E-state index is 13.6. The number of rotatable bonds is 5. The minimum atomic E-state index is -1.72. The van der Waals surface area contributed by atoms with Crippen molar-refractivity contribution in [2.75, 3.05) is 0 Å². The first-order chi connectivity index (χ1) is 14.1. The summed E-state index contributed by atoms with van der Waals surface area (Å²) in [4.78, 5) is 24.8. The molecule has 3 aromatic heterocycles. The second-order valence-corrected chi connectivity index (χ2v) is 6.53. The smallest absolute Gasteiger partial charge is 0.269 e. The number of nitrogens with zero attached hydrogens (tertiary/aromatic N) is 4. The molecule has 0 amide bonds. The Morgan fingerprint density at radius 1 is 0.862 bits per heavy atom. The van der Waals surface area contributed by atoms with Gasteiger partial charge in [0.2, 0.25) is 0 Å². The van der Waals surface area contributed by atoms with Crippen LogP contribution in [0.5, 0.6) is 0 Å². The van der Waals surface area contributed by atoms with Gasteiger partial charge in [0.1, 0.15) is 11.4 Å². The van der Waals surface area contributed by atoms with E-state index < -0.39 is 23.0 Å². The van der Waals surface area contributed by atoms with Gasteiger partial charge in [-0.25, -0.2) is 4.39 Å². The van der Waals surface area contributed by atoms with Crippen molar-refractivity contribution < 1.29 is 9.50 Å². The Morgan fingerprint density at radius 2 is 1.45 bits per heavy atom. The molecule has 0 aliphatic carbocycles. The van der Waals surface area contributed by atoms with Crippen LogP contribution in [0.3, 0.4) is 0 Å². The Balaban J connectivity index is 2.05. The number of pyridine rings is 2. The number of halogens is 1. The number of benzene rings is 1. The third-order valence-electron chi connectivity index (χ3n) is 4.82. The summed E-state index contributed by atoms with van der Waals surface area (Å²) in [6.07, 6.45) is 10.4. The molecule has 0 saturated carbocycles. The fourth-order valence-corrected chi connectivity index (χ4v) is 3.48. The largest absolute Gasteiger partial charge is 0.378 e. The van der Waals surface area contributed by atoms with Gasteiger partial charge in [0, 0.05) is 48.3 Å². The number of hydrogen-bond donors (Lipinski definition) is 1. The van der Waals surface area contributed by atoms with Gasteiger partial charge < -0.3 is 9.67 Å². The molecule has 0 saturated heterocycles. The SMILES string of the molecule is O=c1cnccn1C(c1ccc(F)cc1)C(O)(c1cccnc1)c1cccnc1. The molecule has 1 N–H and O–H groups in total. The number of hydrogen-bond acceptors (Lipinski definition) is 5. The molecule has 144 valence electrons. The normalized spacial score (nSPS) is 12.5. The van der Waals surface area contributed by atoms with Crippen molar-refractivity contribution >= 4 is 0 Å². The van der Waals surface area contributed by atoms with Gasteiger partial charge in [-0.05, 0) is 29.8 Å². The van der Waals surface area contributed by atoms with E-state index in [9.17, 15) is 14.3 Å². The zero-order valence-corrected chi connectivity index (χ0v) is 15.3. The number of aliphatic hydroxyl groups is 1. The van der Waals surface area contributed by atoms with Crippen LogP contribution in [0, 0.1) is 5.82 Å². The predicted octanol–water partition coefficient (Wildman–Crippen LogP) is 2.70. The Labute approximate surface area is 166 Å². The highest BCUT2D eigenvalue weighted by Gasteiger charge is 2.43. The van der Waals surface area contributed by atoms with E-state index in [1.54, 1.807) is 48.8 Å². The second kappa shape index (κ2) is 7.73. The molecular formula is C22H17FN4O2. The van der Waals surface area contributed by atoms with E-state index in [0.29, 0.717) is 16.7 Å². The monoisotopic (exact) mass is 388 g/mol. The standard InChI is InChI=1S/C22H17FN4O2/c23-19-7-5-16(6-8-19)21(27-12-11-26-15-20(27)28)22(29,17-3-1-9-24-13-17)18-4-2-10-25-14-18/h1-15,21,29H. The number of aromatic nitrogens is 4. The molecular weight excluding hydrogens is 371 g/mol. The molecule has 0 spiro atoms. The zero-order chi connectivity index (χ0) is 20.3. The summed E-state index contributed by atoms with van der Waals surface area (Å²) in [5.41, 5.74) is -0.661. The molecule has 1 unspecified atom stereocenters. The van der Waals surface area contributed by atoms with Gasteiger partial charge in [-0.3, -0.25) is 19.7 Å². The first kappa shape index (κ1) is 18.6. The maximum Gasteiger partial charge on any atom is 0.269 e. The predicted molar refractivity (Wildman–Crippen MR) is 105 cm³/mol. The van der Waals surface area contributed by atoms with Crippen molar-refractivity contribution in [1.29, 1.82) is 0 Å². The average Bonchev–Trinajstić information content (AvgIpc) is 2.77. The van der Waals surface area contributed by atoms with Gasteiger partial charge in [-0.2, -0.15) is 0 Å². The van der Waals surface area contributed by atoms with Crippen LogP contribution in [-0.4, -0.2) is 24.6 Å². The second-order valence-electron chi connectivity index (χ2n) is 6.53. The molecule has 0 bridgehead atoms. The van der Waals surface area contributed by atoms with Crippen LogP contribution in [0.4, 0.5) is 4.39 Å². The summed E-state index contributed by atoms with van der Waals surface area (Å²) >= 11 is 0. The molecule has 1 aromatic carbocycles. The molecule has 29 heavy (non-hydrogen) atoms. The molecule has 0 fully saturated rings. The fourth-order valence-electron chi connectivity index (χ4n) is 3.48. The van der Waals surface area contributed by atoms with Crippen LogP contribution in [0.2, 0.25) is 0 Å². The highest BCUT2D eigenvalue weighted by atomic mass is 19.1. The lowest BCUT2D eigenvalue weighted by molar-refractivity contribution is 0.0361. The summed E-state index contributed by atoms with van der Waals surface area (Å²) in [5, 5.41) is 12.2. The van der Waals surface area contributed by atoms with Crippen LogP contribution < -0.4 is 5.56 Å². The molecule has 0 aliphatic rings. The summed E-state index contributed by atoms with van der Waals surface area (Å²) in [6, 6.07) is 11.6. The molecule has 1 atom stereocenters. The van der Waals surface area contributed by atoms with E-state index in [2.05, 4.69) is 15.0 Å². The van der Waals surface area contributed by atoms with E-state index in [0.717, 1.165) is 0 Å². The fraction of sp³-hybridized carbons (Fsp3) is 0.0909. The van der Waals surface area contributed by atoms with Crippen LogP contribution >= 0.6 is 0 Å². The van der Waals surface area contributed by atoms with E-state index in [1.807, 2.05) is 0 Å². The highest BCUT2D eigenvalue weighted by molar-refractivity contribution is 5.40. The van der Waals surface area contributed by atoms with Crippen LogP contribution in [0.15, 0.2) is 96.7 Å². The Kier molecular flexibility index (Phi) is 4.97. The minimum absolute atomic E-state index is 0.409. The molecule has 7 heteroatoms. The highest BCUT2D eigenvalue weighted by Crippen LogP contribution is 2.42. The first-order valence-corrected chi connectivity index (χ1v) is 8.91. The van der Waals surface area contributed by atoms with Gasteiger partial charge in [0.15, 0.2) is 0 Å². The van der Waals surface area contributed by atoms with E-state index >= 15 is 0 Å². The third kappa shape index (κ3) is 3.43. The lowest BCUT2D eigenvalue weighted by Gasteiger charge is -2.38. The molecule has 4 rings (SSSR count). The van der Waals surface area contributed by atoms with Gasteiger partial charge in [-0.1, -0.05) is 24.3 Å². The van der Waals surface area contributed by atoms with Gasteiger partial charge >= 0.3 is 0 Å². The molecule has 0 radical (unpaired) electrons. The molecule has 0 aliphatic heterocycles. The summed E-state index contributed by atoms with van der Waals surface area (Å²) in [5.74, 6) is -0.416. The molecule has 4 aromatic rings. The average molecular weight is 388 g/mol. The van der Waals surface area contributed by atoms with Crippen molar-refractivity contribution in [3.8, 4) is 0 Å². The lowest BCUT2D eigenvalue weighted by Crippen LogP contribution is -2.42. The summed E-state index contributed by atoms with van der Waals surface area (Å²) < 4.78 is 15.0. The Morgan fingerprint density at radius 3 is 1.97 bits per heavy atom. The van der Waals surface area contributed by atoms with E-state index in [-0.39, 0.29) is 0 Å². The van der Waals surface area contributed by atoms with Crippen molar-refractivity contribution in [3.05, 3.63) is 125 Å². The van der Waals surface area contributed by atoms with Crippen molar-refractivity contribution in [2.24, 2.45) is 0 Å². The first-order valence-electron chi connectivity index (χ1n) is 8.91. The van der Waals surface area contributed by atoms with Crippen LogP contribution in [-0.2, 0) is 5.60 Å². The van der Waals surface area contributed by atoms with Gasteiger partial charge in [0.25, 0.3) is 5.56 Å².